The predicted octanol–water partition coefficient (Wildman–Crippen LogP) is 3.61. The molecule has 0 spiro atoms. The standard InChI is InChI=1S/C15H31NO/c1-4-9-16-12-15(8-7-10-17-13-15)11-14(5-2)6-3/h14,16H,4-13H2,1-3H3. The van der Waals surface area contributed by atoms with Gasteiger partial charge in [-0.1, -0.05) is 33.6 Å². The van der Waals surface area contributed by atoms with Gasteiger partial charge in [0.15, 0.2) is 0 Å². The van der Waals surface area contributed by atoms with Crippen molar-refractivity contribution in [2.75, 3.05) is 26.3 Å². The highest BCUT2D eigenvalue weighted by atomic mass is 16.5. The van der Waals surface area contributed by atoms with Gasteiger partial charge in [-0.25, -0.2) is 0 Å². The van der Waals surface area contributed by atoms with E-state index in [0.29, 0.717) is 5.41 Å². The molecule has 1 N–H and O–H groups in total. The molecule has 0 saturated carbocycles. The molecule has 0 aromatic carbocycles. The van der Waals surface area contributed by atoms with Crippen molar-refractivity contribution in [3.05, 3.63) is 0 Å². The van der Waals surface area contributed by atoms with Crippen molar-refractivity contribution >= 4 is 0 Å². The lowest BCUT2D eigenvalue weighted by molar-refractivity contribution is -0.0211. The molecule has 1 atom stereocenters. The molecule has 1 saturated heterocycles. The van der Waals surface area contributed by atoms with Crippen molar-refractivity contribution in [3.8, 4) is 0 Å². The number of hydrogen-bond acceptors (Lipinski definition) is 2. The second-order valence-corrected chi connectivity index (χ2v) is 5.72. The maximum Gasteiger partial charge on any atom is 0.0534 e. The summed E-state index contributed by atoms with van der Waals surface area (Å²) in [5, 5.41) is 3.62. The van der Waals surface area contributed by atoms with E-state index in [2.05, 4.69) is 26.1 Å². The van der Waals surface area contributed by atoms with E-state index in [0.717, 1.165) is 32.2 Å². The van der Waals surface area contributed by atoms with Crippen LogP contribution < -0.4 is 5.32 Å². The lowest BCUT2D eigenvalue weighted by Crippen LogP contribution is -2.42. The average molecular weight is 241 g/mol. The van der Waals surface area contributed by atoms with Crippen LogP contribution >= 0.6 is 0 Å². The molecule has 2 heteroatoms. The Morgan fingerprint density at radius 2 is 2.00 bits per heavy atom. The van der Waals surface area contributed by atoms with E-state index in [-0.39, 0.29) is 0 Å². The smallest absolute Gasteiger partial charge is 0.0534 e. The largest absolute Gasteiger partial charge is 0.381 e. The summed E-state index contributed by atoms with van der Waals surface area (Å²) in [4.78, 5) is 0. The van der Waals surface area contributed by atoms with Crippen LogP contribution in [0.1, 0.15) is 59.3 Å². The van der Waals surface area contributed by atoms with Gasteiger partial charge in [-0.2, -0.15) is 0 Å². The molecule has 17 heavy (non-hydrogen) atoms. The van der Waals surface area contributed by atoms with Crippen LogP contribution in [0.3, 0.4) is 0 Å². The first-order chi connectivity index (χ1) is 8.26. The molecule has 1 aliphatic rings. The normalized spacial score (nSPS) is 25.4. The summed E-state index contributed by atoms with van der Waals surface area (Å²) in [5.41, 5.74) is 0.421. The van der Waals surface area contributed by atoms with E-state index in [1.165, 1.54) is 38.5 Å². The van der Waals surface area contributed by atoms with Crippen LogP contribution in [0, 0.1) is 11.3 Å². The Hall–Kier alpha value is -0.0800. The molecule has 0 amide bonds. The first-order valence-corrected chi connectivity index (χ1v) is 7.54. The Labute approximate surface area is 108 Å². The molecule has 1 rings (SSSR count). The minimum atomic E-state index is 0.421. The molecule has 0 bridgehead atoms. The van der Waals surface area contributed by atoms with Crippen LogP contribution in [0.15, 0.2) is 0 Å². The first kappa shape index (κ1) is 15.0. The van der Waals surface area contributed by atoms with E-state index in [1.54, 1.807) is 0 Å². The molecule has 0 aromatic rings. The SMILES string of the molecule is CCCNCC1(CC(CC)CC)CCCOC1. The van der Waals surface area contributed by atoms with E-state index in [4.69, 9.17) is 4.74 Å². The van der Waals surface area contributed by atoms with Crippen molar-refractivity contribution < 1.29 is 4.74 Å². The van der Waals surface area contributed by atoms with Gasteiger partial charge in [0.25, 0.3) is 0 Å². The zero-order valence-corrected chi connectivity index (χ0v) is 12.1. The van der Waals surface area contributed by atoms with E-state index in [1.807, 2.05) is 0 Å². The van der Waals surface area contributed by atoms with Crippen LogP contribution in [0.5, 0.6) is 0 Å². The summed E-state index contributed by atoms with van der Waals surface area (Å²) in [6, 6.07) is 0. The fraction of sp³-hybridized carbons (Fsp3) is 1.00. The fourth-order valence-corrected chi connectivity index (χ4v) is 3.00. The molecule has 0 aliphatic carbocycles. The second kappa shape index (κ2) is 8.10. The van der Waals surface area contributed by atoms with Gasteiger partial charge in [0.1, 0.15) is 0 Å². The molecular weight excluding hydrogens is 210 g/mol. The number of hydrogen-bond donors (Lipinski definition) is 1. The fourth-order valence-electron chi connectivity index (χ4n) is 3.00. The van der Waals surface area contributed by atoms with Crippen molar-refractivity contribution in [1.82, 2.24) is 5.32 Å². The summed E-state index contributed by atoms with van der Waals surface area (Å²) < 4.78 is 5.77. The third kappa shape index (κ3) is 4.97. The lowest BCUT2D eigenvalue weighted by Gasteiger charge is -2.39. The zero-order chi connectivity index (χ0) is 12.6. The third-order valence-electron chi connectivity index (χ3n) is 4.21. The Morgan fingerprint density at radius 1 is 1.24 bits per heavy atom. The van der Waals surface area contributed by atoms with Gasteiger partial charge >= 0.3 is 0 Å². The highest BCUT2D eigenvalue weighted by Crippen LogP contribution is 2.36. The molecule has 1 heterocycles. The van der Waals surface area contributed by atoms with E-state index >= 15 is 0 Å². The monoisotopic (exact) mass is 241 g/mol. The van der Waals surface area contributed by atoms with Crippen LogP contribution in [-0.4, -0.2) is 26.3 Å². The summed E-state index contributed by atoms with van der Waals surface area (Å²) in [7, 11) is 0. The Bertz CT molecular complexity index is 183. The summed E-state index contributed by atoms with van der Waals surface area (Å²) in [5.74, 6) is 0.875. The van der Waals surface area contributed by atoms with Crippen LogP contribution in [0.4, 0.5) is 0 Å². The van der Waals surface area contributed by atoms with Gasteiger partial charge < -0.3 is 10.1 Å². The van der Waals surface area contributed by atoms with Crippen molar-refractivity contribution in [1.29, 1.82) is 0 Å². The molecule has 1 unspecified atom stereocenters. The number of ether oxygens (including phenoxy) is 1. The summed E-state index contributed by atoms with van der Waals surface area (Å²) in [6.07, 6.45) is 7.78. The lowest BCUT2D eigenvalue weighted by atomic mass is 9.74. The van der Waals surface area contributed by atoms with Crippen molar-refractivity contribution in [2.45, 2.75) is 59.3 Å². The summed E-state index contributed by atoms with van der Waals surface area (Å²) in [6.45, 7) is 11.1. The van der Waals surface area contributed by atoms with Gasteiger partial charge in [0.2, 0.25) is 0 Å². The minimum absolute atomic E-state index is 0.421. The van der Waals surface area contributed by atoms with Gasteiger partial charge in [-0.3, -0.25) is 0 Å². The van der Waals surface area contributed by atoms with Crippen LogP contribution in [0.25, 0.3) is 0 Å². The van der Waals surface area contributed by atoms with Gasteiger partial charge in [-0.05, 0) is 38.1 Å². The van der Waals surface area contributed by atoms with Gasteiger partial charge in [0, 0.05) is 18.6 Å². The zero-order valence-electron chi connectivity index (χ0n) is 12.1. The molecule has 0 radical (unpaired) electrons. The Balaban J connectivity index is 2.50. The van der Waals surface area contributed by atoms with Crippen LogP contribution in [0.2, 0.25) is 0 Å². The molecule has 0 aromatic heterocycles. The molecule has 102 valence electrons. The predicted molar refractivity (Wildman–Crippen MR) is 74.3 cm³/mol. The van der Waals surface area contributed by atoms with E-state index in [9.17, 15) is 0 Å². The Morgan fingerprint density at radius 3 is 2.53 bits per heavy atom. The van der Waals surface area contributed by atoms with Gasteiger partial charge in [0.05, 0.1) is 6.61 Å². The van der Waals surface area contributed by atoms with Crippen LogP contribution in [-0.2, 0) is 4.74 Å². The third-order valence-corrected chi connectivity index (χ3v) is 4.21. The maximum absolute atomic E-state index is 5.77. The summed E-state index contributed by atoms with van der Waals surface area (Å²) >= 11 is 0. The molecule has 1 fully saturated rings. The number of rotatable bonds is 8. The van der Waals surface area contributed by atoms with E-state index < -0.39 is 0 Å². The topological polar surface area (TPSA) is 21.3 Å². The molecule has 2 nitrogen and oxygen atoms in total. The average Bonchev–Trinajstić information content (AvgIpc) is 2.37. The maximum atomic E-state index is 5.77. The first-order valence-electron chi connectivity index (χ1n) is 7.54. The molecular formula is C15H31NO. The highest BCUT2D eigenvalue weighted by Gasteiger charge is 2.34. The van der Waals surface area contributed by atoms with Crippen molar-refractivity contribution in [2.24, 2.45) is 11.3 Å². The molecule has 1 aliphatic heterocycles. The quantitative estimate of drug-likeness (QED) is 0.656. The van der Waals surface area contributed by atoms with Gasteiger partial charge in [-0.15, -0.1) is 0 Å². The highest BCUT2D eigenvalue weighted by molar-refractivity contribution is 4.86. The number of nitrogens with one attached hydrogen (secondary N) is 1. The minimum Gasteiger partial charge on any atom is -0.381 e. The second-order valence-electron chi connectivity index (χ2n) is 5.72. The van der Waals surface area contributed by atoms with Crippen molar-refractivity contribution in [3.63, 3.8) is 0 Å². The Kier molecular flexibility index (Phi) is 7.14.